The maximum absolute atomic E-state index is 12.1. The van der Waals surface area contributed by atoms with Gasteiger partial charge in [0.05, 0.1) is 5.92 Å². The number of primary amides is 1. The molecular weight excluding hydrogens is 234 g/mol. The van der Waals surface area contributed by atoms with Gasteiger partial charge in [-0.2, -0.15) is 0 Å². The SMILES string of the molecule is CCc1nc(C(=O)N2CCCC(C(N)=O)C2)n[nH]1. The quantitative estimate of drug-likeness (QED) is 0.769. The summed E-state index contributed by atoms with van der Waals surface area (Å²) in [6.45, 7) is 2.92. The van der Waals surface area contributed by atoms with Crippen molar-refractivity contribution < 1.29 is 9.59 Å². The molecule has 0 aromatic carbocycles. The third-order valence-electron chi connectivity index (χ3n) is 3.17. The second-order valence-electron chi connectivity index (χ2n) is 4.45. The van der Waals surface area contributed by atoms with E-state index in [2.05, 4.69) is 15.2 Å². The first kappa shape index (κ1) is 12.5. The van der Waals surface area contributed by atoms with Crippen molar-refractivity contribution in [2.75, 3.05) is 13.1 Å². The summed E-state index contributed by atoms with van der Waals surface area (Å²) in [5.74, 6) is -0.000275. The Hall–Kier alpha value is -1.92. The molecule has 1 fully saturated rings. The lowest BCUT2D eigenvalue weighted by atomic mass is 9.97. The monoisotopic (exact) mass is 251 g/mol. The first-order chi connectivity index (χ1) is 8.61. The number of piperidine rings is 1. The average Bonchev–Trinajstić information content (AvgIpc) is 2.86. The van der Waals surface area contributed by atoms with Crippen molar-refractivity contribution in [2.45, 2.75) is 26.2 Å². The van der Waals surface area contributed by atoms with E-state index in [0.29, 0.717) is 25.3 Å². The van der Waals surface area contributed by atoms with Gasteiger partial charge in [0, 0.05) is 19.5 Å². The zero-order chi connectivity index (χ0) is 13.1. The van der Waals surface area contributed by atoms with Crippen molar-refractivity contribution in [3.8, 4) is 0 Å². The Morgan fingerprint density at radius 1 is 1.56 bits per heavy atom. The molecule has 1 saturated heterocycles. The molecule has 3 N–H and O–H groups in total. The summed E-state index contributed by atoms with van der Waals surface area (Å²) in [6, 6.07) is 0. The highest BCUT2D eigenvalue weighted by Crippen LogP contribution is 2.17. The lowest BCUT2D eigenvalue weighted by Crippen LogP contribution is -2.44. The lowest BCUT2D eigenvalue weighted by Gasteiger charge is -2.30. The zero-order valence-electron chi connectivity index (χ0n) is 10.3. The number of hydrogen-bond donors (Lipinski definition) is 2. The van der Waals surface area contributed by atoms with Crippen LogP contribution in [0.5, 0.6) is 0 Å². The van der Waals surface area contributed by atoms with Crippen LogP contribution in [0.3, 0.4) is 0 Å². The van der Waals surface area contributed by atoms with Crippen LogP contribution in [-0.4, -0.2) is 45.0 Å². The van der Waals surface area contributed by atoms with E-state index in [1.54, 1.807) is 4.90 Å². The highest BCUT2D eigenvalue weighted by molar-refractivity contribution is 5.91. The number of aromatic nitrogens is 3. The maximum Gasteiger partial charge on any atom is 0.293 e. The van der Waals surface area contributed by atoms with E-state index in [0.717, 1.165) is 12.8 Å². The second kappa shape index (κ2) is 5.16. The number of H-pyrrole nitrogens is 1. The minimum atomic E-state index is -0.350. The van der Waals surface area contributed by atoms with Crippen LogP contribution in [-0.2, 0) is 11.2 Å². The summed E-state index contributed by atoms with van der Waals surface area (Å²) < 4.78 is 0. The van der Waals surface area contributed by atoms with E-state index in [-0.39, 0.29) is 23.6 Å². The molecule has 0 spiro atoms. The van der Waals surface area contributed by atoms with Gasteiger partial charge in [0.15, 0.2) is 0 Å². The summed E-state index contributed by atoms with van der Waals surface area (Å²) in [4.78, 5) is 29.0. The van der Waals surface area contributed by atoms with Gasteiger partial charge in [-0.25, -0.2) is 4.98 Å². The van der Waals surface area contributed by atoms with Gasteiger partial charge in [0.1, 0.15) is 5.82 Å². The second-order valence-corrected chi connectivity index (χ2v) is 4.45. The van der Waals surface area contributed by atoms with Gasteiger partial charge < -0.3 is 10.6 Å². The molecule has 1 aliphatic heterocycles. The van der Waals surface area contributed by atoms with E-state index >= 15 is 0 Å². The van der Waals surface area contributed by atoms with Crippen LogP contribution in [0, 0.1) is 5.92 Å². The normalized spacial score (nSPS) is 19.8. The Kier molecular flexibility index (Phi) is 3.59. The van der Waals surface area contributed by atoms with Gasteiger partial charge in [0.2, 0.25) is 11.7 Å². The number of carbonyl (C=O) groups excluding carboxylic acids is 2. The maximum atomic E-state index is 12.1. The molecule has 1 atom stereocenters. The standard InChI is InChI=1S/C11H17N5O2/c1-2-8-13-10(15-14-8)11(18)16-5-3-4-7(6-16)9(12)17/h7H,2-6H2,1H3,(H2,12,17)(H,13,14,15). The number of hydrogen-bond acceptors (Lipinski definition) is 4. The van der Waals surface area contributed by atoms with Crippen LogP contribution in [0.4, 0.5) is 0 Å². The number of likely N-dealkylation sites (tertiary alicyclic amines) is 1. The third-order valence-corrected chi connectivity index (χ3v) is 3.17. The molecule has 7 heteroatoms. The number of carbonyl (C=O) groups is 2. The summed E-state index contributed by atoms with van der Waals surface area (Å²) >= 11 is 0. The molecule has 2 heterocycles. The van der Waals surface area contributed by atoms with Gasteiger partial charge in [-0.05, 0) is 12.8 Å². The molecule has 0 bridgehead atoms. The summed E-state index contributed by atoms with van der Waals surface area (Å²) in [5, 5.41) is 6.60. The van der Waals surface area contributed by atoms with Crippen LogP contribution in [0.25, 0.3) is 0 Å². The fraction of sp³-hybridized carbons (Fsp3) is 0.636. The molecule has 7 nitrogen and oxygen atoms in total. The Morgan fingerprint density at radius 2 is 2.33 bits per heavy atom. The van der Waals surface area contributed by atoms with E-state index < -0.39 is 0 Å². The first-order valence-electron chi connectivity index (χ1n) is 6.11. The van der Waals surface area contributed by atoms with Crippen molar-refractivity contribution in [2.24, 2.45) is 11.7 Å². The van der Waals surface area contributed by atoms with Crippen LogP contribution >= 0.6 is 0 Å². The molecule has 1 unspecified atom stereocenters. The molecule has 2 rings (SSSR count). The van der Waals surface area contributed by atoms with Gasteiger partial charge in [-0.15, -0.1) is 5.10 Å². The van der Waals surface area contributed by atoms with E-state index in [9.17, 15) is 9.59 Å². The molecule has 1 aromatic heterocycles. The van der Waals surface area contributed by atoms with Crippen LogP contribution in [0.1, 0.15) is 36.2 Å². The zero-order valence-corrected chi connectivity index (χ0v) is 10.3. The van der Waals surface area contributed by atoms with Crippen LogP contribution < -0.4 is 5.73 Å². The highest BCUT2D eigenvalue weighted by atomic mass is 16.2. The Morgan fingerprint density at radius 3 is 2.94 bits per heavy atom. The summed E-state index contributed by atoms with van der Waals surface area (Å²) in [5.41, 5.74) is 5.28. The number of aryl methyl sites for hydroxylation is 1. The minimum Gasteiger partial charge on any atom is -0.369 e. The van der Waals surface area contributed by atoms with E-state index in [1.807, 2.05) is 6.92 Å². The van der Waals surface area contributed by atoms with Crippen molar-refractivity contribution in [1.29, 1.82) is 0 Å². The smallest absolute Gasteiger partial charge is 0.293 e. The molecule has 0 radical (unpaired) electrons. The Balaban J connectivity index is 2.06. The topological polar surface area (TPSA) is 105 Å². The largest absolute Gasteiger partial charge is 0.369 e. The van der Waals surface area contributed by atoms with E-state index in [4.69, 9.17) is 5.73 Å². The van der Waals surface area contributed by atoms with Crippen LogP contribution in [0.15, 0.2) is 0 Å². The third kappa shape index (κ3) is 2.49. The summed E-state index contributed by atoms with van der Waals surface area (Å²) in [7, 11) is 0. The van der Waals surface area contributed by atoms with Crippen LogP contribution in [0.2, 0.25) is 0 Å². The predicted molar refractivity (Wildman–Crippen MR) is 63.6 cm³/mol. The number of aromatic amines is 1. The fourth-order valence-corrected chi connectivity index (χ4v) is 2.08. The molecular formula is C11H17N5O2. The number of nitrogens with zero attached hydrogens (tertiary/aromatic N) is 3. The molecule has 1 aromatic rings. The number of nitrogens with one attached hydrogen (secondary N) is 1. The molecule has 1 aliphatic rings. The number of rotatable bonds is 3. The predicted octanol–water partition coefficient (Wildman–Crippen LogP) is -0.295. The number of amides is 2. The Bertz CT molecular complexity index is 456. The Labute approximate surface area is 105 Å². The van der Waals surface area contributed by atoms with Gasteiger partial charge in [-0.1, -0.05) is 6.92 Å². The summed E-state index contributed by atoms with van der Waals surface area (Å²) in [6.07, 6.45) is 2.22. The molecule has 0 aliphatic carbocycles. The fourth-order valence-electron chi connectivity index (χ4n) is 2.08. The number of nitrogens with two attached hydrogens (primary N) is 1. The lowest BCUT2D eigenvalue weighted by molar-refractivity contribution is -0.123. The van der Waals surface area contributed by atoms with Crippen molar-refractivity contribution in [3.63, 3.8) is 0 Å². The average molecular weight is 251 g/mol. The van der Waals surface area contributed by atoms with E-state index in [1.165, 1.54) is 0 Å². The van der Waals surface area contributed by atoms with Crippen molar-refractivity contribution in [3.05, 3.63) is 11.6 Å². The molecule has 18 heavy (non-hydrogen) atoms. The molecule has 2 amide bonds. The molecule has 0 saturated carbocycles. The minimum absolute atomic E-state index is 0.164. The first-order valence-corrected chi connectivity index (χ1v) is 6.11. The molecule has 98 valence electrons. The van der Waals surface area contributed by atoms with Gasteiger partial charge in [-0.3, -0.25) is 14.7 Å². The van der Waals surface area contributed by atoms with Gasteiger partial charge in [0.25, 0.3) is 5.91 Å². The highest BCUT2D eigenvalue weighted by Gasteiger charge is 2.29. The van der Waals surface area contributed by atoms with Gasteiger partial charge >= 0.3 is 0 Å². The van der Waals surface area contributed by atoms with Crippen molar-refractivity contribution in [1.82, 2.24) is 20.1 Å². The van der Waals surface area contributed by atoms with Crippen molar-refractivity contribution >= 4 is 11.8 Å².